The summed E-state index contributed by atoms with van der Waals surface area (Å²) in [4.78, 5) is 27.8. The molecule has 7 nitrogen and oxygen atoms in total. The van der Waals surface area contributed by atoms with Gasteiger partial charge in [-0.3, -0.25) is 4.79 Å². The number of halogens is 1. The third-order valence-electron chi connectivity index (χ3n) is 5.23. The Hall–Kier alpha value is -2.74. The largest absolute Gasteiger partial charge is 0.378 e. The van der Waals surface area contributed by atoms with Crippen molar-refractivity contribution in [1.82, 2.24) is 14.9 Å². The van der Waals surface area contributed by atoms with E-state index < -0.39 is 0 Å². The van der Waals surface area contributed by atoms with Crippen LogP contribution in [-0.4, -0.2) is 73.3 Å². The van der Waals surface area contributed by atoms with Crippen molar-refractivity contribution in [2.45, 2.75) is 6.92 Å². The molecule has 0 radical (unpaired) electrons. The topological polar surface area (TPSA) is 61.8 Å². The molecule has 2 fully saturated rings. The molecule has 1 aromatic carbocycles. The maximum atomic E-state index is 13.8. The average Bonchev–Trinajstić information content (AvgIpc) is 2.76. The fourth-order valence-electron chi connectivity index (χ4n) is 3.48. The quantitative estimate of drug-likeness (QED) is 0.802. The van der Waals surface area contributed by atoms with Crippen molar-refractivity contribution < 1.29 is 13.9 Å². The smallest absolute Gasteiger partial charge is 0.254 e. The lowest BCUT2D eigenvalue weighted by molar-refractivity contribution is 0.0746. The van der Waals surface area contributed by atoms with Crippen molar-refractivity contribution in [3.63, 3.8) is 0 Å². The minimum Gasteiger partial charge on any atom is -0.378 e. The molecule has 1 amide bonds. The normalized spacial score (nSPS) is 17.7. The van der Waals surface area contributed by atoms with Crippen molar-refractivity contribution in [2.75, 3.05) is 62.3 Å². The number of hydrogen-bond acceptors (Lipinski definition) is 6. The number of aromatic nitrogens is 2. The number of aryl methyl sites for hydroxylation is 1. The highest BCUT2D eigenvalue weighted by Crippen LogP contribution is 2.19. The zero-order chi connectivity index (χ0) is 19.5. The molecule has 3 heterocycles. The van der Waals surface area contributed by atoms with E-state index in [0.29, 0.717) is 50.5 Å². The molecule has 1 aromatic heterocycles. The van der Waals surface area contributed by atoms with Crippen LogP contribution in [0.4, 0.5) is 16.2 Å². The van der Waals surface area contributed by atoms with Crippen LogP contribution in [0.5, 0.6) is 0 Å². The average molecular weight is 385 g/mol. The zero-order valence-corrected chi connectivity index (χ0v) is 16.0. The molecule has 2 aromatic rings. The number of piperazine rings is 1. The fourth-order valence-corrected chi connectivity index (χ4v) is 3.48. The molecule has 0 spiro atoms. The summed E-state index contributed by atoms with van der Waals surface area (Å²) in [6.45, 7) is 7.16. The number of rotatable bonds is 3. The molecule has 2 saturated heterocycles. The van der Waals surface area contributed by atoms with Gasteiger partial charge in [0.15, 0.2) is 0 Å². The van der Waals surface area contributed by atoms with Crippen LogP contribution < -0.4 is 9.80 Å². The summed E-state index contributed by atoms with van der Waals surface area (Å²) in [7, 11) is 0. The maximum Gasteiger partial charge on any atom is 0.254 e. The summed E-state index contributed by atoms with van der Waals surface area (Å²) < 4.78 is 19.2. The SMILES string of the molecule is Cc1ccc(C(=O)N2CCN(c3ccnc(N4CCOCC4)n3)CC2)cc1F. The number of anilines is 2. The fraction of sp³-hybridized carbons (Fsp3) is 0.450. The number of hydrogen-bond donors (Lipinski definition) is 0. The first kappa shape index (κ1) is 18.6. The van der Waals surface area contributed by atoms with Crippen LogP contribution >= 0.6 is 0 Å². The highest BCUT2D eigenvalue weighted by Gasteiger charge is 2.24. The molecule has 148 valence electrons. The molecule has 0 unspecified atom stereocenters. The van der Waals surface area contributed by atoms with E-state index in [-0.39, 0.29) is 11.7 Å². The Morgan fingerprint density at radius 2 is 1.79 bits per heavy atom. The number of ether oxygens (including phenoxy) is 1. The summed E-state index contributed by atoms with van der Waals surface area (Å²) in [6, 6.07) is 6.55. The van der Waals surface area contributed by atoms with Gasteiger partial charge in [0.05, 0.1) is 13.2 Å². The van der Waals surface area contributed by atoms with Crippen molar-refractivity contribution in [2.24, 2.45) is 0 Å². The summed E-state index contributed by atoms with van der Waals surface area (Å²) >= 11 is 0. The molecule has 8 heteroatoms. The lowest BCUT2D eigenvalue weighted by atomic mass is 10.1. The summed E-state index contributed by atoms with van der Waals surface area (Å²) in [5.74, 6) is 1.11. The zero-order valence-electron chi connectivity index (χ0n) is 16.0. The van der Waals surface area contributed by atoms with Crippen LogP contribution in [0.15, 0.2) is 30.5 Å². The van der Waals surface area contributed by atoms with Crippen molar-refractivity contribution in [3.05, 3.63) is 47.4 Å². The second kappa shape index (κ2) is 8.10. The first-order valence-corrected chi connectivity index (χ1v) is 9.58. The molecular formula is C20H24FN5O2. The van der Waals surface area contributed by atoms with Gasteiger partial charge in [-0.2, -0.15) is 4.98 Å². The second-order valence-electron chi connectivity index (χ2n) is 7.06. The monoisotopic (exact) mass is 385 g/mol. The first-order valence-electron chi connectivity index (χ1n) is 9.58. The van der Waals surface area contributed by atoms with E-state index in [2.05, 4.69) is 14.8 Å². The second-order valence-corrected chi connectivity index (χ2v) is 7.06. The third-order valence-corrected chi connectivity index (χ3v) is 5.23. The van der Waals surface area contributed by atoms with Crippen molar-refractivity contribution in [3.8, 4) is 0 Å². The van der Waals surface area contributed by atoms with Crippen LogP contribution in [0.1, 0.15) is 15.9 Å². The Morgan fingerprint density at radius 3 is 2.50 bits per heavy atom. The molecule has 28 heavy (non-hydrogen) atoms. The van der Waals surface area contributed by atoms with Gasteiger partial charge < -0.3 is 19.4 Å². The molecule has 0 N–H and O–H groups in total. The number of benzene rings is 1. The maximum absolute atomic E-state index is 13.8. The van der Waals surface area contributed by atoms with Crippen molar-refractivity contribution >= 4 is 17.7 Å². The lowest BCUT2D eigenvalue weighted by Gasteiger charge is -2.36. The molecule has 0 atom stereocenters. The molecule has 2 aliphatic heterocycles. The van der Waals surface area contributed by atoms with Crippen LogP contribution in [-0.2, 0) is 4.74 Å². The molecule has 0 bridgehead atoms. The van der Waals surface area contributed by atoms with Gasteiger partial charge in [-0.05, 0) is 30.7 Å². The highest BCUT2D eigenvalue weighted by molar-refractivity contribution is 5.94. The van der Waals surface area contributed by atoms with Crippen LogP contribution in [0.3, 0.4) is 0 Å². The van der Waals surface area contributed by atoms with E-state index in [9.17, 15) is 9.18 Å². The lowest BCUT2D eigenvalue weighted by Crippen LogP contribution is -2.49. The first-order chi connectivity index (χ1) is 13.6. The standard InChI is InChI=1S/C20H24FN5O2/c1-15-2-3-16(14-17(15)21)19(27)25-8-6-24(7-9-25)18-4-5-22-20(23-18)26-10-12-28-13-11-26/h2-5,14H,6-13H2,1H3. The Balaban J connectivity index is 1.40. The van der Waals surface area contributed by atoms with E-state index in [4.69, 9.17) is 9.72 Å². The highest BCUT2D eigenvalue weighted by atomic mass is 19.1. The predicted octanol–water partition coefficient (Wildman–Crippen LogP) is 1.72. The van der Waals surface area contributed by atoms with Gasteiger partial charge in [-0.25, -0.2) is 9.37 Å². The number of carbonyl (C=O) groups excluding carboxylic acids is 1. The van der Waals surface area contributed by atoms with Gasteiger partial charge in [0.1, 0.15) is 11.6 Å². The minimum atomic E-state index is -0.346. The van der Waals surface area contributed by atoms with Crippen molar-refractivity contribution in [1.29, 1.82) is 0 Å². The van der Waals surface area contributed by atoms with Gasteiger partial charge in [0.25, 0.3) is 5.91 Å². The van der Waals surface area contributed by atoms with Gasteiger partial charge >= 0.3 is 0 Å². The van der Waals surface area contributed by atoms with Gasteiger partial charge in [-0.1, -0.05) is 6.07 Å². The van der Waals surface area contributed by atoms with Crippen LogP contribution in [0.2, 0.25) is 0 Å². The van der Waals surface area contributed by atoms with E-state index in [1.165, 1.54) is 6.07 Å². The predicted molar refractivity (Wildman–Crippen MR) is 104 cm³/mol. The Labute approximate surface area is 163 Å². The summed E-state index contributed by atoms with van der Waals surface area (Å²) in [5, 5.41) is 0. The summed E-state index contributed by atoms with van der Waals surface area (Å²) in [5.41, 5.74) is 0.939. The van der Waals surface area contributed by atoms with Gasteiger partial charge in [0, 0.05) is 51.0 Å². The van der Waals surface area contributed by atoms with E-state index in [1.54, 1.807) is 30.2 Å². The van der Waals surface area contributed by atoms with E-state index in [0.717, 1.165) is 24.9 Å². The number of nitrogens with zero attached hydrogens (tertiary/aromatic N) is 5. The number of morpholine rings is 1. The Bertz CT molecular complexity index is 848. The molecular weight excluding hydrogens is 361 g/mol. The van der Waals surface area contributed by atoms with Crippen LogP contribution in [0, 0.1) is 12.7 Å². The molecule has 0 saturated carbocycles. The number of amides is 1. The summed E-state index contributed by atoms with van der Waals surface area (Å²) in [6.07, 6.45) is 1.78. The minimum absolute atomic E-state index is 0.129. The van der Waals surface area contributed by atoms with E-state index in [1.807, 2.05) is 6.07 Å². The van der Waals surface area contributed by atoms with Crippen LogP contribution in [0.25, 0.3) is 0 Å². The number of carbonyl (C=O) groups is 1. The molecule has 2 aliphatic rings. The van der Waals surface area contributed by atoms with E-state index >= 15 is 0 Å². The van der Waals surface area contributed by atoms with Gasteiger partial charge in [0.2, 0.25) is 5.95 Å². The van der Waals surface area contributed by atoms with Gasteiger partial charge in [-0.15, -0.1) is 0 Å². The Morgan fingerprint density at radius 1 is 1.04 bits per heavy atom. The Kier molecular flexibility index (Phi) is 5.38. The molecule has 0 aliphatic carbocycles. The molecule has 4 rings (SSSR count). The third kappa shape index (κ3) is 3.91.